The van der Waals surface area contributed by atoms with Crippen LogP contribution in [0.3, 0.4) is 0 Å². The van der Waals surface area contributed by atoms with Crippen LogP contribution in [0, 0.1) is 0 Å². The van der Waals surface area contributed by atoms with Gasteiger partial charge in [0.2, 0.25) is 17.7 Å². The number of carbonyl (C=O) groups is 4. The van der Waals surface area contributed by atoms with E-state index in [2.05, 4.69) is 43.5 Å². The molecule has 0 aliphatic carbocycles. The van der Waals surface area contributed by atoms with Crippen molar-refractivity contribution in [1.82, 2.24) is 25.9 Å². The molecule has 0 aliphatic rings. The molecule has 0 spiro atoms. The Labute approximate surface area is 231 Å². The first kappa shape index (κ1) is 31.1. The molecule has 3 amide bonds. The molecule has 0 saturated heterocycles. The summed E-state index contributed by atoms with van der Waals surface area (Å²) in [6, 6.07) is 4.44. The van der Waals surface area contributed by atoms with Gasteiger partial charge in [-0.15, -0.1) is 0 Å². The molecule has 1 aromatic carbocycles. The van der Waals surface area contributed by atoms with Crippen molar-refractivity contribution in [3.8, 4) is 0 Å². The first-order chi connectivity index (χ1) is 18.6. The van der Waals surface area contributed by atoms with Crippen molar-refractivity contribution in [1.29, 1.82) is 0 Å². The Kier molecular flexibility index (Phi) is 12.8. The molecule has 14 nitrogen and oxygen atoms in total. The Balaban J connectivity index is 2.09. The van der Waals surface area contributed by atoms with Crippen molar-refractivity contribution in [2.24, 2.45) is 22.2 Å². The van der Waals surface area contributed by atoms with Gasteiger partial charge in [-0.05, 0) is 18.4 Å². The molecule has 15 heteroatoms. The van der Waals surface area contributed by atoms with Crippen LogP contribution in [0.25, 0.3) is 0 Å². The summed E-state index contributed by atoms with van der Waals surface area (Å²) < 4.78 is 0. The van der Waals surface area contributed by atoms with E-state index in [0.29, 0.717) is 12.1 Å². The van der Waals surface area contributed by atoms with E-state index in [-0.39, 0.29) is 37.5 Å². The van der Waals surface area contributed by atoms with E-state index < -0.39 is 47.9 Å². The zero-order valence-electron chi connectivity index (χ0n) is 21.2. The molecule has 0 radical (unpaired) electrons. The molecule has 0 saturated carbocycles. The highest BCUT2D eigenvalue weighted by Crippen LogP contribution is 2.07. The van der Waals surface area contributed by atoms with E-state index in [0.717, 1.165) is 5.56 Å². The van der Waals surface area contributed by atoms with Gasteiger partial charge in [0.05, 0.1) is 12.4 Å². The number of amides is 3. The van der Waals surface area contributed by atoms with Crippen LogP contribution in [0.1, 0.15) is 24.1 Å². The van der Waals surface area contributed by atoms with E-state index in [1.54, 1.807) is 30.3 Å². The molecule has 212 valence electrons. The monoisotopic (exact) mass is 561 g/mol. The number of thiol groups is 1. The molecule has 0 aliphatic heterocycles. The second kappa shape index (κ2) is 16.0. The number of carboxylic acids is 1. The lowest BCUT2D eigenvalue weighted by Gasteiger charge is -2.24. The molecule has 1 aromatic heterocycles. The number of hydrogen-bond donors (Lipinski definition) is 9. The molecule has 4 atom stereocenters. The Morgan fingerprint density at radius 3 is 2.21 bits per heavy atom. The standard InChI is InChI=1S/C24H35N9O5S/c25-16(10-15-11-28-13-30-15)20(34)33-19(12-39)22(36)32-18(9-14-5-2-1-3-6-14)21(35)31-17(23(37)38)7-4-8-29-24(26)27/h1-3,5-6,11,13,16-19,39H,4,7-10,12,25H2,(H,28,30)(H,31,35)(H,32,36)(H,33,34)(H,37,38)(H4,26,27,29). The second-order valence-electron chi connectivity index (χ2n) is 8.73. The van der Waals surface area contributed by atoms with Crippen molar-refractivity contribution in [2.75, 3.05) is 12.3 Å². The van der Waals surface area contributed by atoms with E-state index in [4.69, 9.17) is 17.2 Å². The Bertz CT molecular complexity index is 1110. The minimum atomic E-state index is -1.25. The normalized spacial score (nSPS) is 13.8. The summed E-state index contributed by atoms with van der Waals surface area (Å²) in [6.45, 7) is 0.192. The third-order valence-corrected chi connectivity index (χ3v) is 5.99. The van der Waals surface area contributed by atoms with Gasteiger partial charge in [0, 0.05) is 37.0 Å². The first-order valence-electron chi connectivity index (χ1n) is 12.2. The highest BCUT2D eigenvalue weighted by Gasteiger charge is 2.30. The van der Waals surface area contributed by atoms with Gasteiger partial charge in [0.25, 0.3) is 0 Å². The third kappa shape index (κ3) is 11.0. The molecule has 0 bridgehead atoms. The van der Waals surface area contributed by atoms with Crippen LogP contribution >= 0.6 is 12.6 Å². The number of benzene rings is 1. The van der Waals surface area contributed by atoms with Crippen LogP contribution in [0.15, 0.2) is 47.8 Å². The number of aromatic nitrogens is 2. The summed E-state index contributed by atoms with van der Waals surface area (Å²) in [4.78, 5) is 61.1. The number of hydrogen-bond acceptors (Lipinski definition) is 8. The van der Waals surface area contributed by atoms with Crippen molar-refractivity contribution in [2.45, 2.75) is 49.9 Å². The molecule has 11 N–H and O–H groups in total. The van der Waals surface area contributed by atoms with Gasteiger partial charge in [-0.25, -0.2) is 9.78 Å². The van der Waals surface area contributed by atoms with Gasteiger partial charge in [-0.3, -0.25) is 19.4 Å². The number of nitrogens with one attached hydrogen (secondary N) is 4. The predicted molar refractivity (Wildman–Crippen MR) is 148 cm³/mol. The minimum absolute atomic E-state index is 0.0629. The van der Waals surface area contributed by atoms with Gasteiger partial charge in [-0.1, -0.05) is 30.3 Å². The zero-order chi connectivity index (χ0) is 28.8. The molecule has 0 fully saturated rings. The van der Waals surface area contributed by atoms with Crippen LogP contribution in [-0.4, -0.2) is 81.2 Å². The zero-order valence-corrected chi connectivity index (χ0v) is 22.1. The van der Waals surface area contributed by atoms with E-state index in [1.807, 2.05) is 0 Å². The molecule has 2 aromatic rings. The molecule has 1 heterocycles. The van der Waals surface area contributed by atoms with Crippen molar-refractivity contribution >= 4 is 42.3 Å². The van der Waals surface area contributed by atoms with Crippen LogP contribution < -0.4 is 33.2 Å². The van der Waals surface area contributed by atoms with Crippen molar-refractivity contribution in [3.05, 3.63) is 54.1 Å². The maximum Gasteiger partial charge on any atom is 0.326 e. The molecular weight excluding hydrogens is 526 g/mol. The van der Waals surface area contributed by atoms with Gasteiger partial charge >= 0.3 is 5.97 Å². The third-order valence-electron chi connectivity index (χ3n) is 5.62. The highest BCUT2D eigenvalue weighted by molar-refractivity contribution is 7.80. The summed E-state index contributed by atoms with van der Waals surface area (Å²) in [7, 11) is 0. The Morgan fingerprint density at radius 1 is 0.974 bits per heavy atom. The van der Waals surface area contributed by atoms with Gasteiger partial charge in [-0.2, -0.15) is 12.6 Å². The van der Waals surface area contributed by atoms with Gasteiger partial charge in [0.1, 0.15) is 18.1 Å². The van der Waals surface area contributed by atoms with E-state index in [9.17, 15) is 24.3 Å². The summed E-state index contributed by atoms with van der Waals surface area (Å²) in [5, 5.41) is 17.2. The summed E-state index contributed by atoms with van der Waals surface area (Å²) >= 11 is 4.17. The van der Waals surface area contributed by atoms with Crippen molar-refractivity contribution < 1.29 is 24.3 Å². The lowest BCUT2D eigenvalue weighted by atomic mass is 10.0. The summed E-state index contributed by atoms with van der Waals surface area (Å²) in [5.74, 6) is -3.41. The fourth-order valence-electron chi connectivity index (χ4n) is 3.56. The molecule has 39 heavy (non-hydrogen) atoms. The molecular formula is C24H35N9O5S. The second-order valence-corrected chi connectivity index (χ2v) is 9.10. The van der Waals surface area contributed by atoms with Crippen LogP contribution in [0.2, 0.25) is 0 Å². The largest absolute Gasteiger partial charge is 0.480 e. The summed E-state index contributed by atoms with van der Waals surface area (Å²) in [5.41, 5.74) is 17.9. The topological polar surface area (TPSA) is 244 Å². The smallest absolute Gasteiger partial charge is 0.326 e. The summed E-state index contributed by atoms with van der Waals surface area (Å²) in [6.07, 6.45) is 3.61. The average molecular weight is 562 g/mol. The number of imidazole rings is 1. The fraction of sp³-hybridized carbons (Fsp3) is 0.417. The number of rotatable bonds is 16. The number of nitrogens with two attached hydrogens (primary N) is 3. The van der Waals surface area contributed by atoms with Crippen LogP contribution in [0.4, 0.5) is 0 Å². The lowest BCUT2D eigenvalue weighted by molar-refractivity contribution is -0.142. The van der Waals surface area contributed by atoms with Crippen molar-refractivity contribution in [3.63, 3.8) is 0 Å². The van der Waals surface area contributed by atoms with E-state index >= 15 is 0 Å². The minimum Gasteiger partial charge on any atom is -0.480 e. The quantitative estimate of drug-likeness (QED) is 0.0477. The number of aliphatic imine (C=N–C) groups is 1. The molecule has 4 unspecified atom stereocenters. The van der Waals surface area contributed by atoms with E-state index in [1.165, 1.54) is 12.5 Å². The van der Waals surface area contributed by atoms with Crippen LogP contribution in [0.5, 0.6) is 0 Å². The molecule has 2 rings (SSSR count). The van der Waals surface area contributed by atoms with Crippen LogP contribution in [-0.2, 0) is 32.0 Å². The van der Waals surface area contributed by atoms with Gasteiger partial charge < -0.3 is 43.2 Å². The SMILES string of the molecule is NC(N)=NCCCC(NC(=O)C(Cc1ccccc1)NC(=O)C(CS)NC(=O)C(N)Cc1cnc[nH]1)C(=O)O. The average Bonchev–Trinajstić information content (AvgIpc) is 3.41. The number of aromatic amines is 1. The number of carboxylic acid groups (broad SMARTS) is 1. The van der Waals surface area contributed by atoms with Gasteiger partial charge in [0.15, 0.2) is 5.96 Å². The fourth-order valence-corrected chi connectivity index (χ4v) is 3.82. The predicted octanol–water partition coefficient (Wildman–Crippen LogP) is -1.96. The maximum absolute atomic E-state index is 13.2. The first-order valence-corrected chi connectivity index (χ1v) is 12.8. The number of guanidine groups is 1. The number of carbonyl (C=O) groups excluding carboxylic acids is 3. The maximum atomic E-state index is 13.2. The number of H-pyrrole nitrogens is 1. The highest BCUT2D eigenvalue weighted by atomic mass is 32.1. The Hall–Kier alpha value is -4.11. The Morgan fingerprint density at radius 2 is 1.62 bits per heavy atom. The lowest BCUT2D eigenvalue weighted by Crippen LogP contribution is -2.58. The number of aliphatic carboxylic acids is 1. The number of nitrogens with zero attached hydrogens (tertiary/aromatic N) is 2.